The van der Waals surface area contributed by atoms with Crippen molar-refractivity contribution in [2.75, 3.05) is 19.7 Å². The highest BCUT2D eigenvalue weighted by atomic mass is 16.5. The van der Waals surface area contributed by atoms with Gasteiger partial charge in [-0.1, -0.05) is 26.0 Å². The van der Waals surface area contributed by atoms with Gasteiger partial charge in [-0.2, -0.15) is 0 Å². The van der Waals surface area contributed by atoms with Crippen LogP contribution in [0.3, 0.4) is 0 Å². The summed E-state index contributed by atoms with van der Waals surface area (Å²) in [5.41, 5.74) is 0.597. The number of esters is 1. The van der Waals surface area contributed by atoms with Gasteiger partial charge >= 0.3 is 5.97 Å². The van der Waals surface area contributed by atoms with E-state index in [1.165, 1.54) is 0 Å². The molecule has 0 amide bonds. The highest BCUT2D eigenvalue weighted by Gasteiger charge is 2.41. The van der Waals surface area contributed by atoms with Crippen molar-refractivity contribution < 1.29 is 14.3 Å². The minimum absolute atomic E-state index is 0.0358. The first-order valence-electron chi connectivity index (χ1n) is 11.0. The summed E-state index contributed by atoms with van der Waals surface area (Å²) in [5, 5.41) is 3.77. The van der Waals surface area contributed by atoms with Gasteiger partial charge in [0.1, 0.15) is 0 Å². The van der Waals surface area contributed by atoms with Crippen LogP contribution in [0, 0.1) is 0 Å². The van der Waals surface area contributed by atoms with Crippen LogP contribution in [-0.4, -0.2) is 60.4 Å². The lowest BCUT2D eigenvalue weighted by molar-refractivity contribution is -0.139. The van der Waals surface area contributed by atoms with Crippen molar-refractivity contribution in [2.24, 2.45) is 0 Å². The number of nitrogens with one attached hydrogen (secondary N) is 1. The van der Waals surface area contributed by atoms with Gasteiger partial charge < -0.3 is 14.8 Å². The summed E-state index contributed by atoms with van der Waals surface area (Å²) in [6.45, 7) is 22.2. The second-order valence-electron chi connectivity index (χ2n) is 8.67. The standard InChI is InChI=1S/C24H42N2O3/c1-9-14-26(15-10-2)20-16-18(23(27)28-13-5)17-21(29-19(11-3)12-4)22(20)25-24(6,7)8/h9-10,17,19-22,25H,1-2,11-16H2,3-8H3/t20-,21-,22+/m0/s1. The number of rotatable bonds is 12. The minimum atomic E-state index is -0.248. The third-order valence-corrected chi connectivity index (χ3v) is 5.16. The van der Waals surface area contributed by atoms with Crippen molar-refractivity contribution in [1.82, 2.24) is 10.2 Å². The van der Waals surface area contributed by atoms with Gasteiger partial charge in [0.15, 0.2) is 0 Å². The van der Waals surface area contributed by atoms with Crippen molar-refractivity contribution >= 4 is 5.97 Å². The smallest absolute Gasteiger partial charge is 0.333 e. The molecule has 1 N–H and O–H groups in total. The molecule has 5 heteroatoms. The first kappa shape index (κ1) is 25.6. The maximum atomic E-state index is 12.6. The molecular weight excluding hydrogens is 364 g/mol. The topological polar surface area (TPSA) is 50.8 Å². The zero-order valence-electron chi connectivity index (χ0n) is 19.4. The minimum Gasteiger partial charge on any atom is -0.463 e. The molecule has 0 saturated carbocycles. The van der Waals surface area contributed by atoms with Gasteiger partial charge in [-0.3, -0.25) is 4.90 Å². The molecule has 0 aromatic carbocycles. The summed E-state index contributed by atoms with van der Waals surface area (Å²) in [4.78, 5) is 14.9. The van der Waals surface area contributed by atoms with Crippen molar-refractivity contribution in [3.05, 3.63) is 37.0 Å². The molecule has 166 valence electrons. The zero-order chi connectivity index (χ0) is 22.0. The molecule has 0 bridgehead atoms. The van der Waals surface area contributed by atoms with Crippen molar-refractivity contribution in [3.8, 4) is 0 Å². The molecule has 1 rings (SSSR count). The van der Waals surface area contributed by atoms with Crippen LogP contribution in [0.4, 0.5) is 0 Å². The summed E-state index contributed by atoms with van der Waals surface area (Å²) in [5.74, 6) is -0.248. The Morgan fingerprint density at radius 1 is 1.24 bits per heavy atom. The SMILES string of the molecule is C=CCN(CC=C)[C@H]1CC(C(=O)OCC)=C[C@H](OC(CC)CC)[C@@H]1NC(C)(C)C. The van der Waals surface area contributed by atoms with Gasteiger partial charge in [0.05, 0.1) is 24.9 Å². The van der Waals surface area contributed by atoms with Gasteiger partial charge in [0, 0.05) is 30.2 Å². The van der Waals surface area contributed by atoms with Gasteiger partial charge in [-0.05, 0) is 53.0 Å². The van der Waals surface area contributed by atoms with E-state index in [4.69, 9.17) is 9.47 Å². The summed E-state index contributed by atoms with van der Waals surface area (Å²) < 4.78 is 11.8. The molecule has 0 fully saturated rings. The Morgan fingerprint density at radius 3 is 2.28 bits per heavy atom. The van der Waals surface area contributed by atoms with Crippen LogP contribution in [0.15, 0.2) is 37.0 Å². The molecule has 0 aromatic heterocycles. The monoisotopic (exact) mass is 406 g/mol. The molecular formula is C24H42N2O3. The number of ether oxygens (including phenoxy) is 2. The zero-order valence-corrected chi connectivity index (χ0v) is 19.4. The van der Waals surface area contributed by atoms with Gasteiger partial charge in [-0.15, -0.1) is 13.2 Å². The summed E-state index contributed by atoms with van der Waals surface area (Å²) >= 11 is 0. The fourth-order valence-corrected chi connectivity index (χ4v) is 3.86. The molecule has 0 aromatic rings. The largest absolute Gasteiger partial charge is 0.463 e. The van der Waals surface area contributed by atoms with Gasteiger partial charge in [0.2, 0.25) is 0 Å². The Hall–Kier alpha value is -1.43. The summed E-state index contributed by atoms with van der Waals surface area (Å²) in [6.07, 6.45) is 8.20. The van der Waals surface area contributed by atoms with Crippen molar-refractivity contribution in [2.45, 2.75) is 90.6 Å². The predicted molar refractivity (Wildman–Crippen MR) is 121 cm³/mol. The lowest BCUT2D eigenvalue weighted by Crippen LogP contribution is -2.62. The summed E-state index contributed by atoms with van der Waals surface area (Å²) in [6, 6.07) is 0.0997. The summed E-state index contributed by atoms with van der Waals surface area (Å²) in [7, 11) is 0. The average Bonchev–Trinajstić information content (AvgIpc) is 2.65. The van der Waals surface area contributed by atoms with E-state index in [0.29, 0.717) is 31.7 Å². The fraction of sp³-hybridized carbons (Fsp3) is 0.708. The van der Waals surface area contributed by atoms with Gasteiger partial charge in [0.25, 0.3) is 0 Å². The van der Waals surface area contributed by atoms with E-state index >= 15 is 0 Å². The third-order valence-electron chi connectivity index (χ3n) is 5.16. The Balaban J connectivity index is 3.39. The van der Waals surface area contributed by atoms with Crippen molar-refractivity contribution in [3.63, 3.8) is 0 Å². The van der Waals surface area contributed by atoms with Crippen LogP contribution >= 0.6 is 0 Å². The molecule has 0 aliphatic heterocycles. The molecule has 5 nitrogen and oxygen atoms in total. The first-order chi connectivity index (χ1) is 13.7. The quantitative estimate of drug-likeness (QED) is 0.388. The first-order valence-corrected chi connectivity index (χ1v) is 11.0. The number of carbonyl (C=O) groups excluding carboxylic acids is 1. The number of hydrogen-bond acceptors (Lipinski definition) is 5. The Labute approximate surface area is 178 Å². The molecule has 3 atom stereocenters. The molecule has 0 unspecified atom stereocenters. The number of carbonyl (C=O) groups is 1. The highest BCUT2D eigenvalue weighted by molar-refractivity contribution is 5.89. The molecule has 0 saturated heterocycles. The molecule has 0 radical (unpaired) electrons. The van der Waals surface area contributed by atoms with Crippen LogP contribution in [-0.2, 0) is 14.3 Å². The van der Waals surface area contributed by atoms with E-state index in [9.17, 15) is 4.79 Å². The van der Waals surface area contributed by atoms with Crippen LogP contribution in [0.2, 0.25) is 0 Å². The number of nitrogens with zero attached hydrogens (tertiary/aromatic N) is 1. The average molecular weight is 407 g/mol. The Morgan fingerprint density at radius 2 is 1.83 bits per heavy atom. The van der Waals surface area contributed by atoms with Crippen LogP contribution in [0.25, 0.3) is 0 Å². The van der Waals surface area contributed by atoms with E-state index < -0.39 is 0 Å². The molecule has 1 aliphatic carbocycles. The molecule has 0 heterocycles. The predicted octanol–water partition coefficient (Wildman–Crippen LogP) is 4.25. The molecule has 0 spiro atoms. The Kier molecular flexibility index (Phi) is 10.9. The van der Waals surface area contributed by atoms with Crippen LogP contribution in [0.5, 0.6) is 0 Å². The van der Waals surface area contributed by atoms with Crippen LogP contribution < -0.4 is 5.32 Å². The molecule has 29 heavy (non-hydrogen) atoms. The fourth-order valence-electron chi connectivity index (χ4n) is 3.86. The van der Waals surface area contributed by atoms with Crippen molar-refractivity contribution in [1.29, 1.82) is 0 Å². The third kappa shape index (κ3) is 8.07. The second-order valence-corrected chi connectivity index (χ2v) is 8.67. The van der Waals surface area contributed by atoms with E-state index in [2.05, 4.69) is 58.0 Å². The maximum absolute atomic E-state index is 12.6. The highest BCUT2D eigenvalue weighted by Crippen LogP contribution is 2.29. The van der Waals surface area contributed by atoms with E-state index in [1.54, 1.807) is 0 Å². The lowest BCUT2D eigenvalue weighted by atomic mass is 9.85. The van der Waals surface area contributed by atoms with Crippen LogP contribution in [0.1, 0.15) is 60.8 Å². The lowest BCUT2D eigenvalue weighted by Gasteiger charge is -2.45. The normalized spacial score (nSPS) is 22.5. The van der Waals surface area contributed by atoms with E-state index in [0.717, 1.165) is 12.8 Å². The van der Waals surface area contributed by atoms with Gasteiger partial charge in [-0.25, -0.2) is 4.79 Å². The van der Waals surface area contributed by atoms with E-state index in [1.807, 2.05) is 25.2 Å². The second kappa shape index (κ2) is 12.3. The molecule has 1 aliphatic rings. The van der Waals surface area contributed by atoms with E-state index in [-0.39, 0.29) is 35.8 Å². The number of hydrogen-bond donors (Lipinski definition) is 1. The Bertz CT molecular complexity index is 551. The maximum Gasteiger partial charge on any atom is 0.333 e.